The number of aliphatic hydroxyl groups excluding tert-OH is 2. The number of phenolic OH excluding ortho intramolecular Hbond substituents is 2. The maximum atomic E-state index is 14.2. The molecule has 6 aliphatic rings. The second-order valence-electron chi connectivity index (χ2n) is 24.7. The molecule has 6 atom stereocenters. The van der Waals surface area contributed by atoms with Gasteiger partial charge in [-0.3, -0.25) is 18.9 Å². The van der Waals surface area contributed by atoms with Crippen molar-refractivity contribution in [2.24, 2.45) is 0 Å². The SMILES string of the molecule is COc1cccc2c1C(=O)c1c(O)c3c(c(O)c1C2=O)C[C@@](O)(C(=O)CO)C[C@@H]3O[C@H]1C[C@H](NCCCCCC[N+]2=C(C=CC3=C(Cl)C(=CC=C4N(CCCCS(=O)(=O)O)c5ccccc5C4(C)C)CCC3)C(C)(C)c3ccccc32)[C@H](O)[C@H](C)O1. The number of hydrogen-bond acceptors (Lipinski definition) is 15. The summed E-state index contributed by atoms with van der Waals surface area (Å²) in [6.45, 7) is 11.5. The highest BCUT2D eigenvalue weighted by Gasteiger charge is 2.51. The van der Waals surface area contributed by atoms with Crippen LogP contribution < -0.4 is 15.0 Å². The Bertz CT molecular complexity index is 3640. The van der Waals surface area contributed by atoms with Crippen molar-refractivity contribution < 1.29 is 71.7 Å². The fourth-order valence-corrected chi connectivity index (χ4v) is 14.7. The van der Waals surface area contributed by atoms with Gasteiger partial charge in [-0.15, -0.1) is 0 Å². The van der Waals surface area contributed by atoms with Crippen molar-refractivity contribution in [2.45, 2.75) is 159 Å². The van der Waals surface area contributed by atoms with Crippen LogP contribution in [0.1, 0.15) is 165 Å². The number of carbonyl (C=O) groups excluding carboxylic acids is 3. The molecule has 86 heavy (non-hydrogen) atoms. The van der Waals surface area contributed by atoms with Crippen LogP contribution in [-0.4, -0.2) is 135 Å². The molecule has 1 saturated heterocycles. The molecule has 0 spiro atoms. The molecular formula is C67H79ClN3O14S+. The van der Waals surface area contributed by atoms with E-state index < -0.39 is 106 Å². The quantitative estimate of drug-likeness (QED) is 0.0156. The molecule has 1 fully saturated rings. The zero-order valence-electron chi connectivity index (χ0n) is 49.7. The van der Waals surface area contributed by atoms with Crippen LogP contribution in [0.2, 0.25) is 0 Å². The summed E-state index contributed by atoms with van der Waals surface area (Å²) in [6, 6.07) is 20.8. The van der Waals surface area contributed by atoms with Crippen molar-refractivity contribution in [3.63, 3.8) is 0 Å². The Kier molecular flexibility index (Phi) is 18.3. The smallest absolute Gasteiger partial charge is 0.264 e. The molecule has 3 aliphatic carbocycles. The minimum Gasteiger partial charge on any atom is -0.507 e. The number of aliphatic hydroxyl groups is 3. The van der Waals surface area contributed by atoms with Crippen LogP contribution in [-0.2, 0) is 41.6 Å². The predicted octanol–water partition coefficient (Wildman–Crippen LogP) is 9.78. The number of ketones is 3. The molecule has 458 valence electrons. The lowest BCUT2D eigenvalue weighted by Gasteiger charge is -2.43. The van der Waals surface area contributed by atoms with Gasteiger partial charge in [-0.05, 0) is 107 Å². The van der Waals surface area contributed by atoms with Gasteiger partial charge in [0, 0.05) is 94.5 Å². The molecule has 7 N–H and O–H groups in total. The minimum atomic E-state index is -4.04. The molecule has 10 rings (SSSR count). The number of unbranched alkanes of at least 4 members (excludes halogenated alkanes) is 4. The zero-order valence-corrected chi connectivity index (χ0v) is 51.3. The molecule has 4 aromatic rings. The summed E-state index contributed by atoms with van der Waals surface area (Å²) in [5, 5.41) is 61.1. The molecular weight excluding hydrogens is 1140 g/mol. The largest absolute Gasteiger partial charge is 0.507 e. The number of nitrogens with zero attached hydrogens (tertiary/aromatic N) is 2. The van der Waals surface area contributed by atoms with E-state index in [1.165, 1.54) is 47.8 Å². The van der Waals surface area contributed by atoms with Crippen LogP contribution in [0.4, 0.5) is 11.4 Å². The summed E-state index contributed by atoms with van der Waals surface area (Å²) in [5.74, 6) is -4.07. The Labute approximate surface area is 508 Å². The maximum Gasteiger partial charge on any atom is 0.264 e. The van der Waals surface area contributed by atoms with E-state index in [0.717, 1.165) is 79.1 Å². The normalized spacial score (nSPS) is 25.0. The van der Waals surface area contributed by atoms with Gasteiger partial charge in [-0.25, -0.2) is 0 Å². The number of anilines is 1. The summed E-state index contributed by atoms with van der Waals surface area (Å²) in [6.07, 6.45) is 10.7. The third-order valence-electron chi connectivity index (χ3n) is 18.4. The van der Waals surface area contributed by atoms with E-state index in [9.17, 15) is 52.9 Å². The summed E-state index contributed by atoms with van der Waals surface area (Å²) in [4.78, 5) is 43.6. The number of carbonyl (C=O) groups is 3. The van der Waals surface area contributed by atoms with Crippen molar-refractivity contribution in [1.82, 2.24) is 5.32 Å². The number of allylic oxidation sites excluding steroid dienone is 8. The van der Waals surface area contributed by atoms with Gasteiger partial charge >= 0.3 is 0 Å². The first-order valence-electron chi connectivity index (χ1n) is 29.9. The van der Waals surface area contributed by atoms with E-state index in [1.54, 1.807) is 6.92 Å². The molecule has 3 heterocycles. The van der Waals surface area contributed by atoms with Crippen LogP contribution in [0.5, 0.6) is 17.2 Å². The number of nitrogens with one attached hydrogen (secondary N) is 1. The third-order valence-corrected chi connectivity index (χ3v) is 19.7. The number of phenols is 2. The van der Waals surface area contributed by atoms with Gasteiger partial charge in [0.15, 0.2) is 23.6 Å². The Morgan fingerprint density at radius 3 is 2.34 bits per heavy atom. The Balaban J connectivity index is 0.797. The number of ether oxygens (including phenoxy) is 3. The number of fused-ring (bicyclic) bond motifs is 5. The summed E-state index contributed by atoms with van der Waals surface area (Å²) in [7, 11) is -2.70. The number of aromatic hydroxyl groups is 2. The third kappa shape index (κ3) is 11.9. The van der Waals surface area contributed by atoms with Crippen molar-refractivity contribution in [2.75, 3.05) is 44.0 Å². The fraction of sp³-hybridized carbons (Fsp3) is 0.463. The van der Waals surface area contributed by atoms with E-state index in [0.29, 0.717) is 25.9 Å². The monoisotopic (exact) mass is 1220 g/mol. The molecule has 0 radical (unpaired) electrons. The van der Waals surface area contributed by atoms with Gasteiger partial charge in [0.05, 0.1) is 53.3 Å². The lowest BCUT2D eigenvalue weighted by molar-refractivity contribution is -0.438. The van der Waals surface area contributed by atoms with Crippen molar-refractivity contribution in [3.8, 4) is 17.2 Å². The van der Waals surface area contributed by atoms with Crippen LogP contribution in [0.15, 0.2) is 113 Å². The van der Waals surface area contributed by atoms with Gasteiger partial charge < -0.3 is 50.0 Å². The Morgan fingerprint density at radius 2 is 1.59 bits per heavy atom. The number of methoxy groups -OCH3 is 1. The lowest BCUT2D eigenvalue weighted by atomic mass is 9.72. The van der Waals surface area contributed by atoms with Crippen molar-refractivity contribution in [1.29, 1.82) is 0 Å². The molecule has 0 saturated carbocycles. The minimum absolute atomic E-state index is 0.0597. The molecule has 4 aromatic carbocycles. The summed E-state index contributed by atoms with van der Waals surface area (Å²) in [5.41, 5.74) is 4.88. The highest BCUT2D eigenvalue weighted by Crippen LogP contribution is 2.53. The molecule has 0 unspecified atom stereocenters. The van der Waals surface area contributed by atoms with E-state index in [4.69, 9.17) is 25.8 Å². The van der Waals surface area contributed by atoms with Crippen LogP contribution in [0, 0.1) is 0 Å². The topological polar surface area (TPSA) is 253 Å². The maximum absolute atomic E-state index is 14.2. The lowest BCUT2D eigenvalue weighted by Crippen LogP contribution is -2.54. The number of benzene rings is 4. The standard InChI is InChI=1S/C67H78ClN3O14S/c1-39-60(74)46(35-54(84-39)85-50-37-67(79,53(73)38-72)36-43-56(50)64(78)58-57(62(43)76)61(75)42-21-18-26-49(83-6)55(42)63(58)77)69-31-13-7-8-14-32-70-47-24-11-9-22-44(47)65(2,3)51(70)29-27-40-19-17-20-41(59(40)68)28-30-52-66(4,5)45-23-10-12-25-48(45)71(52)33-15-16-34-86(80,81)82/h9-12,18,21-30,39,46,50,54,60,69,72,74,79H,7-8,13-17,19-20,31-38H2,1-6H3,(H2-,75,76,77,78,80,81,82)/p+1/t39-,46-,50-,54-,60+,67-/m0/s1. The molecule has 0 bridgehead atoms. The highest BCUT2D eigenvalue weighted by atomic mass is 35.5. The van der Waals surface area contributed by atoms with Crippen molar-refractivity contribution >= 4 is 56.2 Å². The van der Waals surface area contributed by atoms with E-state index >= 15 is 0 Å². The first-order valence-corrected chi connectivity index (χ1v) is 31.9. The first kappa shape index (κ1) is 62.7. The Hall–Kier alpha value is -6.32. The molecule has 17 nitrogen and oxygen atoms in total. The fourth-order valence-electron chi connectivity index (χ4n) is 13.8. The van der Waals surface area contributed by atoms with Crippen LogP contribution in [0.3, 0.4) is 0 Å². The first-order chi connectivity index (χ1) is 40.9. The van der Waals surface area contributed by atoms with E-state index in [1.807, 2.05) is 12.1 Å². The van der Waals surface area contributed by atoms with E-state index in [2.05, 4.69) is 103 Å². The molecule has 3 aliphatic heterocycles. The number of rotatable bonds is 21. The van der Waals surface area contributed by atoms with Gasteiger partial charge in [0.1, 0.15) is 36.0 Å². The molecule has 0 amide bonds. The second-order valence-corrected chi connectivity index (χ2v) is 26.7. The van der Waals surface area contributed by atoms with Crippen molar-refractivity contribution in [3.05, 3.63) is 157 Å². The zero-order chi connectivity index (χ0) is 61.6. The highest BCUT2D eigenvalue weighted by molar-refractivity contribution is 7.85. The Morgan fingerprint density at radius 1 is 0.872 bits per heavy atom. The van der Waals surface area contributed by atoms with Gasteiger partial charge in [0.25, 0.3) is 10.1 Å². The summed E-state index contributed by atoms with van der Waals surface area (Å²) >= 11 is 7.33. The number of hydrogen-bond donors (Lipinski definition) is 7. The van der Waals surface area contributed by atoms with E-state index in [-0.39, 0.29) is 51.0 Å². The number of halogens is 1. The van der Waals surface area contributed by atoms with Gasteiger partial charge in [-0.2, -0.15) is 13.0 Å². The average Bonchev–Trinajstić information content (AvgIpc) is 1.01. The van der Waals surface area contributed by atoms with Gasteiger partial charge in [0.2, 0.25) is 11.5 Å². The second kappa shape index (κ2) is 25.0. The van der Waals surface area contributed by atoms with Crippen LogP contribution >= 0.6 is 11.6 Å². The van der Waals surface area contributed by atoms with Crippen LogP contribution in [0.25, 0.3) is 0 Å². The molecule has 19 heteroatoms. The average molecular weight is 1220 g/mol. The molecule has 0 aromatic heterocycles. The number of para-hydroxylation sites is 2. The predicted molar refractivity (Wildman–Crippen MR) is 328 cm³/mol. The summed E-state index contributed by atoms with van der Waals surface area (Å²) < 4.78 is 52.8. The van der Waals surface area contributed by atoms with Gasteiger partial charge in [-0.1, -0.05) is 92.6 Å². The number of Topliss-reactive ketones (excluding diaryl/α,β-unsaturated/α-hetero) is 1.